The highest BCUT2D eigenvalue weighted by Gasteiger charge is 2.11. The van der Waals surface area contributed by atoms with Gasteiger partial charge in [-0.3, -0.25) is 4.79 Å². The lowest BCUT2D eigenvalue weighted by molar-refractivity contribution is -0.127. The Balaban J connectivity index is 2.91. The van der Waals surface area contributed by atoms with Crippen molar-refractivity contribution in [2.24, 2.45) is 0 Å². The minimum atomic E-state index is -0.128. The van der Waals surface area contributed by atoms with E-state index in [1.54, 1.807) is 26.2 Å². The summed E-state index contributed by atoms with van der Waals surface area (Å²) >= 11 is 5.50. The molecule has 0 saturated heterocycles. The van der Waals surface area contributed by atoms with Crippen molar-refractivity contribution in [1.29, 1.82) is 0 Å². The molecule has 0 fully saturated rings. The van der Waals surface area contributed by atoms with E-state index < -0.39 is 0 Å². The molecule has 1 amide bonds. The van der Waals surface area contributed by atoms with Gasteiger partial charge in [0.25, 0.3) is 0 Å². The standard InChI is InChI=1S/C12H16ClNO3/c1-14(12(15)7-13)8-9-6-10(16-2)4-5-11(9)17-3/h4-6H,7-8H2,1-3H3. The van der Waals surface area contributed by atoms with Gasteiger partial charge in [-0.1, -0.05) is 0 Å². The van der Waals surface area contributed by atoms with Crippen molar-refractivity contribution in [3.63, 3.8) is 0 Å². The van der Waals surface area contributed by atoms with E-state index >= 15 is 0 Å². The molecule has 5 heteroatoms. The number of carbonyl (C=O) groups excluding carboxylic acids is 1. The predicted molar refractivity (Wildman–Crippen MR) is 66.7 cm³/mol. The van der Waals surface area contributed by atoms with Gasteiger partial charge in [0.05, 0.1) is 14.2 Å². The lowest BCUT2D eigenvalue weighted by Crippen LogP contribution is -2.27. The Bertz CT molecular complexity index is 395. The number of nitrogens with zero attached hydrogens (tertiary/aromatic N) is 1. The first-order valence-corrected chi connectivity index (χ1v) is 5.66. The summed E-state index contributed by atoms with van der Waals surface area (Å²) < 4.78 is 10.4. The van der Waals surface area contributed by atoms with Crippen molar-refractivity contribution in [1.82, 2.24) is 4.90 Å². The summed E-state index contributed by atoms with van der Waals surface area (Å²) in [5, 5.41) is 0. The van der Waals surface area contributed by atoms with Crippen LogP contribution in [0.25, 0.3) is 0 Å². The van der Waals surface area contributed by atoms with Crippen molar-refractivity contribution in [2.45, 2.75) is 6.54 Å². The number of hydrogen-bond acceptors (Lipinski definition) is 3. The number of halogens is 1. The number of methoxy groups -OCH3 is 2. The maximum Gasteiger partial charge on any atom is 0.237 e. The van der Waals surface area contributed by atoms with Crippen LogP contribution in [-0.4, -0.2) is 38.0 Å². The average molecular weight is 258 g/mol. The molecule has 0 bridgehead atoms. The Labute approximate surface area is 106 Å². The second-order valence-electron chi connectivity index (χ2n) is 3.56. The molecule has 0 aliphatic carbocycles. The van der Waals surface area contributed by atoms with Gasteiger partial charge in [0.15, 0.2) is 0 Å². The molecule has 0 radical (unpaired) electrons. The van der Waals surface area contributed by atoms with Gasteiger partial charge < -0.3 is 14.4 Å². The Kier molecular flexibility index (Phi) is 5.10. The first-order valence-electron chi connectivity index (χ1n) is 5.13. The van der Waals surface area contributed by atoms with E-state index in [1.807, 2.05) is 18.2 Å². The van der Waals surface area contributed by atoms with Crippen molar-refractivity contribution in [3.05, 3.63) is 23.8 Å². The molecule has 0 unspecified atom stereocenters. The molecule has 0 heterocycles. The lowest BCUT2D eigenvalue weighted by Gasteiger charge is -2.18. The van der Waals surface area contributed by atoms with Crippen LogP contribution < -0.4 is 9.47 Å². The van der Waals surface area contributed by atoms with Crippen LogP contribution in [0.2, 0.25) is 0 Å². The molecule has 0 N–H and O–H groups in total. The van der Waals surface area contributed by atoms with Gasteiger partial charge in [-0.15, -0.1) is 11.6 Å². The second kappa shape index (κ2) is 6.35. The van der Waals surface area contributed by atoms with Gasteiger partial charge in [0.2, 0.25) is 5.91 Å². The number of ether oxygens (including phenoxy) is 2. The second-order valence-corrected chi connectivity index (χ2v) is 3.83. The molecular formula is C12H16ClNO3. The third kappa shape index (κ3) is 3.53. The molecule has 1 aromatic rings. The Morgan fingerprint density at radius 3 is 2.59 bits per heavy atom. The molecule has 1 aromatic carbocycles. The van der Waals surface area contributed by atoms with Crippen LogP contribution in [0.5, 0.6) is 11.5 Å². The van der Waals surface area contributed by atoms with E-state index in [0.717, 1.165) is 17.1 Å². The summed E-state index contributed by atoms with van der Waals surface area (Å²) in [5.41, 5.74) is 0.882. The van der Waals surface area contributed by atoms with E-state index in [1.165, 1.54) is 0 Å². The fourth-order valence-electron chi connectivity index (χ4n) is 1.45. The monoisotopic (exact) mass is 257 g/mol. The normalized spacial score (nSPS) is 9.88. The van der Waals surface area contributed by atoms with Gasteiger partial charge in [-0.25, -0.2) is 0 Å². The van der Waals surface area contributed by atoms with E-state index in [2.05, 4.69) is 0 Å². The smallest absolute Gasteiger partial charge is 0.237 e. The zero-order valence-electron chi connectivity index (χ0n) is 10.2. The fraction of sp³-hybridized carbons (Fsp3) is 0.417. The molecule has 0 aromatic heterocycles. The summed E-state index contributed by atoms with van der Waals surface area (Å²) in [6.07, 6.45) is 0. The third-order valence-corrected chi connectivity index (χ3v) is 2.66. The van der Waals surface area contributed by atoms with E-state index in [9.17, 15) is 4.79 Å². The number of carbonyl (C=O) groups is 1. The largest absolute Gasteiger partial charge is 0.497 e. The number of benzene rings is 1. The summed E-state index contributed by atoms with van der Waals surface area (Å²) in [7, 11) is 4.89. The van der Waals surface area contributed by atoms with Crippen LogP contribution in [0.4, 0.5) is 0 Å². The van der Waals surface area contributed by atoms with E-state index in [-0.39, 0.29) is 11.8 Å². The van der Waals surface area contributed by atoms with Crippen LogP contribution in [0.15, 0.2) is 18.2 Å². The van der Waals surface area contributed by atoms with Gasteiger partial charge >= 0.3 is 0 Å². The van der Waals surface area contributed by atoms with Gasteiger partial charge in [0.1, 0.15) is 17.4 Å². The quantitative estimate of drug-likeness (QED) is 0.757. The predicted octanol–water partition coefficient (Wildman–Crippen LogP) is 1.90. The molecule has 17 heavy (non-hydrogen) atoms. The van der Waals surface area contributed by atoms with Crippen LogP contribution in [0.3, 0.4) is 0 Å². The maximum absolute atomic E-state index is 11.4. The first-order chi connectivity index (χ1) is 8.12. The molecule has 0 aliphatic heterocycles. The van der Waals surface area contributed by atoms with Crippen LogP contribution in [0, 0.1) is 0 Å². The zero-order chi connectivity index (χ0) is 12.8. The van der Waals surface area contributed by atoms with Crippen LogP contribution in [-0.2, 0) is 11.3 Å². The number of hydrogen-bond donors (Lipinski definition) is 0. The SMILES string of the molecule is COc1ccc(OC)c(CN(C)C(=O)CCl)c1. The Morgan fingerprint density at radius 1 is 1.35 bits per heavy atom. The minimum absolute atomic E-state index is 0.0250. The summed E-state index contributed by atoms with van der Waals surface area (Å²) in [5.74, 6) is 1.30. The van der Waals surface area contributed by atoms with Gasteiger partial charge in [0, 0.05) is 19.2 Å². The molecule has 0 aliphatic rings. The van der Waals surface area contributed by atoms with Crippen LogP contribution in [0.1, 0.15) is 5.56 Å². The average Bonchev–Trinajstić information content (AvgIpc) is 2.37. The number of amides is 1. The van der Waals surface area contributed by atoms with Crippen molar-refractivity contribution >= 4 is 17.5 Å². The van der Waals surface area contributed by atoms with Crippen LogP contribution >= 0.6 is 11.6 Å². The molecule has 0 saturated carbocycles. The van der Waals surface area contributed by atoms with Crippen molar-refractivity contribution in [2.75, 3.05) is 27.1 Å². The fourth-order valence-corrected chi connectivity index (χ4v) is 1.66. The molecule has 4 nitrogen and oxygen atoms in total. The van der Waals surface area contributed by atoms with Gasteiger partial charge in [-0.05, 0) is 18.2 Å². The molecule has 94 valence electrons. The topological polar surface area (TPSA) is 38.8 Å². The lowest BCUT2D eigenvalue weighted by atomic mass is 10.1. The highest BCUT2D eigenvalue weighted by Crippen LogP contribution is 2.24. The van der Waals surface area contributed by atoms with E-state index in [4.69, 9.17) is 21.1 Å². The third-order valence-electron chi connectivity index (χ3n) is 2.44. The zero-order valence-corrected chi connectivity index (χ0v) is 11.0. The number of alkyl halides is 1. The van der Waals surface area contributed by atoms with Crippen molar-refractivity contribution in [3.8, 4) is 11.5 Å². The summed E-state index contributed by atoms with van der Waals surface area (Å²) in [6.45, 7) is 0.436. The Morgan fingerprint density at radius 2 is 2.06 bits per heavy atom. The molecular weight excluding hydrogens is 242 g/mol. The highest BCUT2D eigenvalue weighted by molar-refractivity contribution is 6.27. The van der Waals surface area contributed by atoms with Crippen molar-refractivity contribution < 1.29 is 14.3 Å². The molecule has 0 spiro atoms. The van der Waals surface area contributed by atoms with E-state index in [0.29, 0.717) is 6.54 Å². The minimum Gasteiger partial charge on any atom is -0.497 e. The molecule has 0 atom stereocenters. The summed E-state index contributed by atoms with van der Waals surface area (Å²) in [4.78, 5) is 12.9. The van der Waals surface area contributed by atoms with Gasteiger partial charge in [-0.2, -0.15) is 0 Å². The Hall–Kier alpha value is -1.42. The molecule has 1 rings (SSSR count). The summed E-state index contributed by atoms with van der Waals surface area (Å²) in [6, 6.07) is 5.47. The maximum atomic E-state index is 11.4. The highest BCUT2D eigenvalue weighted by atomic mass is 35.5. The number of rotatable bonds is 5. The first kappa shape index (κ1) is 13.6.